The number of hydrogen-bond acceptors (Lipinski definition) is 3. The molecule has 2 rings (SSSR count). The summed E-state index contributed by atoms with van der Waals surface area (Å²) in [6.45, 7) is 7.20. The van der Waals surface area contributed by atoms with Gasteiger partial charge < -0.3 is 5.73 Å². The molecule has 1 saturated heterocycles. The standard InChI is InChI=1S/C15H25N3O2S/c1-11-7-12(2)10-18(9-11)21(19,20)17-13(3)14-5-4-6-15(16)8-14/h4-6,8,11-13,17H,7,9-10,16H2,1-3H3. The lowest BCUT2D eigenvalue weighted by Gasteiger charge is -2.34. The summed E-state index contributed by atoms with van der Waals surface area (Å²) in [6.07, 6.45) is 1.08. The normalized spacial score (nSPS) is 25.7. The number of nitrogens with zero attached hydrogens (tertiary/aromatic N) is 1. The van der Waals surface area contributed by atoms with Gasteiger partial charge in [0.1, 0.15) is 0 Å². The molecule has 21 heavy (non-hydrogen) atoms. The molecule has 118 valence electrons. The van der Waals surface area contributed by atoms with Crippen LogP contribution >= 0.6 is 0 Å². The van der Waals surface area contributed by atoms with Gasteiger partial charge in [-0.3, -0.25) is 0 Å². The van der Waals surface area contributed by atoms with Crippen LogP contribution in [0.15, 0.2) is 24.3 Å². The summed E-state index contributed by atoms with van der Waals surface area (Å²) < 4.78 is 29.4. The van der Waals surface area contributed by atoms with Crippen LogP contribution in [-0.2, 0) is 10.2 Å². The highest BCUT2D eigenvalue weighted by molar-refractivity contribution is 7.87. The Bertz CT molecular complexity index is 578. The van der Waals surface area contributed by atoms with Crippen molar-refractivity contribution in [2.45, 2.75) is 33.2 Å². The highest BCUT2D eigenvalue weighted by Crippen LogP contribution is 2.24. The van der Waals surface area contributed by atoms with Crippen LogP contribution in [0.4, 0.5) is 5.69 Å². The number of nitrogens with two attached hydrogens (primary N) is 1. The van der Waals surface area contributed by atoms with Crippen molar-refractivity contribution in [1.29, 1.82) is 0 Å². The van der Waals surface area contributed by atoms with Crippen molar-refractivity contribution < 1.29 is 8.42 Å². The van der Waals surface area contributed by atoms with Crippen molar-refractivity contribution >= 4 is 15.9 Å². The molecule has 3 atom stereocenters. The van der Waals surface area contributed by atoms with Gasteiger partial charge in [-0.1, -0.05) is 26.0 Å². The van der Waals surface area contributed by atoms with Gasteiger partial charge in [-0.25, -0.2) is 0 Å². The number of benzene rings is 1. The summed E-state index contributed by atoms with van der Waals surface area (Å²) in [7, 11) is -3.47. The molecule has 1 aromatic rings. The molecule has 0 spiro atoms. The number of nitrogens with one attached hydrogen (secondary N) is 1. The van der Waals surface area contributed by atoms with Gasteiger partial charge in [-0.05, 0) is 42.9 Å². The average molecular weight is 311 g/mol. The van der Waals surface area contributed by atoms with Gasteiger partial charge in [0.2, 0.25) is 0 Å². The third-order valence-corrected chi connectivity index (χ3v) is 5.54. The van der Waals surface area contributed by atoms with Crippen LogP contribution in [0.5, 0.6) is 0 Å². The molecule has 0 radical (unpaired) electrons. The van der Waals surface area contributed by atoms with Crippen molar-refractivity contribution in [3.8, 4) is 0 Å². The first-order valence-electron chi connectivity index (χ1n) is 7.40. The Balaban J connectivity index is 2.10. The Kier molecular flexibility index (Phi) is 4.91. The fraction of sp³-hybridized carbons (Fsp3) is 0.600. The molecule has 0 bridgehead atoms. The summed E-state index contributed by atoms with van der Waals surface area (Å²) in [5.41, 5.74) is 7.26. The zero-order valence-corrected chi connectivity index (χ0v) is 13.7. The van der Waals surface area contributed by atoms with Crippen molar-refractivity contribution in [3.05, 3.63) is 29.8 Å². The summed E-state index contributed by atoms with van der Waals surface area (Å²) in [4.78, 5) is 0. The lowest BCUT2D eigenvalue weighted by atomic mass is 9.94. The molecular formula is C15H25N3O2S. The molecule has 3 unspecified atom stereocenters. The largest absolute Gasteiger partial charge is 0.399 e. The lowest BCUT2D eigenvalue weighted by Crippen LogP contribution is -2.48. The van der Waals surface area contributed by atoms with E-state index in [1.54, 1.807) is 16.4 Å². The SMILES string of the molecule is CC1CC(C)CN(S(=O)(=O)NC(C)c2cccc(N)c2)C1. The average Bonchev–Trinajstić information content (AvgIpc) is 2.37. The molecule has 3 N–H and O–H groups in total. The zero-order chi connectivity index (χ0) is 15.6. The quantitative estimate of drug-likeness (QED) is 0.837. The monoisotopic (exact) mass is 311 g/mol. The fourth-order valence-electron chi connectivity index (χ4n) is 3.00. The molecule has 0 saturated carbocycles. The topological polar surface area (TPSA) is 75.4 Å². The molecule has 0 aromatic heterocycles. The third-order valence-electron chi connectivity index (χ3n) is 3.91. The first-order valence-corrected chi connectivity index (χ1v) is 8.84. The van der Waals surface area contributed by atoms with Gasteiger partial charge in [0, 0.05) is 24.8 Å². The zero-order valence-electron chi connectivity index (χ0n) is 12.9. The van der Waals surface area contributed by atoms with Crippen LogP contribution in [0.25, 0.3) is 0 Å². The van der Waals surface area contributed by atoms with Gasteiger partial charge in [-0.2, -0.15) is 17.4 Å². The Hall–Kier alpha value is -1.11. The van der Waals surface area contributed by atoms with E-state index < -0.39 is 10.2 Å². The van der Waals surface area contributed by atoms with Crippen LogP contribution in [0.2, 0.25) is 0 Å². The molecule has 0 aliphatic carbocycles. The fourth-order valence-corrected chi connectivity index (χ4v) is 4.63. The first-order chi connectivity index (χ1) is 9.78. The maximum atomic E-state index is 12.5. The number of nitrogen functional groups attached to an aromatic ring is 1. The number of anilines is 1. The van der Waals surface area contributed by atoms with Gasteiger partial charge in [0.15, 0.2) is 0 Å². The predicted molar refractivity (Wildman–Crippen MR) is 85.8 cm³/mol. The predicted octanol–water partition coefficient (Wildman–Crippen LogP) is 2.14. The second-order valence-corrected chi connectivity index (χ2v) is 7.98. The van der Waals surface area contributed by atoms with Crippen LogP contribution < -0.4 is 10.5 Å². The van der Waals surface area contributed by atoms with Crippen molar-refractivity contribution in [2.24, 2.45) is 11.8 Å². The highest BCUT2D eigenvalue weighted by Gasteiger charge is 2.31. The van der Waals surface area contributed by atoms with Crippen LogP contribution in [0.3, 0.4) is 0 Å². The maximum absolute atomic E-state index is 12.5. The minimum atomic E-state index is -3.47. The molecule has 1 aliphatic heterocycles. The number of rotatable bonds is 4. The van der Waals surface area contributed by atoms with Crippen molar-refractivity contribution in [1.82, 2.24) is 9.03 Å². The number of piperidine rings is 1. The second kappa shape index (κ2) is 6.34. The van der Waals surface area contributed by atoms with Crippen molar-refractivity contribution in [2.75, 3.05) is 18.8 Å². The summed E-state index contributed by atoms with van der Waals surface area (Å²) >= 11 is 0. The maximum Gasteiger partial charge on any atom is 0.280 e. The van der Waals surface area contributed by atoms with E-state index in [1.807, 2.05) is 19.1 Å². The summed E-state index contributed by atoms with van der Waals surface area (Å²) in [6, 6.07) is 7.00. The van der Waals surface area contributed by atoms with E-state index in [0.29, 0.717) is 30.6 Å². The number of hydrogen-bond donors (Lipinski definition) is 2. The second-order valence-electron chi connectivity index (χ2n) is 6.28. The molecule has 1 fully saturated rings. The molecule has 6 heteroatoms. The van der Waals surface area contributed by atoms with Gasteiger partial charge in [0.25, 0.3) is 10.2 Å². The van der Waals surface area contributed by atoms with Gasteiger partial charge in [-0.15, -0.1) is 0 Å². The third kappa shape index (κ3) is 4.18. The van der Waals surface area contributed by atoms with Gasteiger partial charge >= 0.3 is 0 Å². The van der Waals surface area contributed by atoms with Crippen LogP contribution in [0, 0.1) is 11.8 Å². The van der Waals surface area contributed by atoms with E-state index in [0.717, 1.165) is 12.0 Å². The minimum Gasteiger partial charge on any atom is -0.399 e. The molecule has 0 amide bonds. The molecule has 1 aliphatic rings. The van der Waals surface area contributed by atoms with E-state index in [-0.39, 0.29) is 6.04 Å². The van der Waals surface area contributed by atoms with E-state index in [4.69, 9.17) is 5.73 Å². The van der Waals surface area contributed by atoms with Crippen molar-refractivity contribution in [3.63, 3.8) is 0 Å². The molecule has 5 nitrogen and oxygen atoms in total. The molecule has 1 aromatic carbocycles. The summed E-state index contributed by atoms with van der Waals surface area (Å²) in [5.74, 6) is 0.793. The minimum absolute atomic E-state index is 0.300. The van der Waals surface area contributed by atoms with E-state index in [2.05, 4.69) is 18.6 Å². The van der Waals surface area contributed by atoms with E-state index in [9.17, 15) is 8.42 Å². The Morgan fingerprint density at radius 3 is 2.48 bits per heavy atom. The summed E-state index contributed by atoms with van der Waals surface area (Å²) in [5, 5.41) is 0. The van der Waals surface area contributed by atoms with Gasteiger partial charge in [0.05, 0.1) is 0 Å². The Labute approximate surface area is 127 Å². The van der Waals surface area contributed by atoms with Crippen LogP contribution in [-0.4, -0.2) is 25.8 Å². The Morgan fingerprint density at radius 1 is 1.29 bits per heavy atom. The van der Waals surface area contributed by atoms with Crippen LogP contribution in [0.1, 0.15) is 38.8 Å². The molecule has 1 heterocycles. The lowest BCUT2D eigenvalue weighted by molar-refractivity contribution is 0.220. The van der Waals surface area contributed by atoms with E-state index >= 15 is 0 Å². The highest BCUT2D eigenvalue weighted by atomic mass is 32.2. The smallest absolute Gasteiger partial charge is 0.280 e. The first kappa shape index (κ1) is 16.3. The van der Waals surface area contributed by atoms with E-state index in [1.165, 1.54) is 0 Å². The molecular weight excluding hydrogens is 286 g/mol. The Morgan fingerprint density at radius 2 is 1.90 bits per heavy atom.